The lowest BCUT2D eigenvalue weighted by atomic mass is 10.1. The van der Waals surface area contributed by atoms with Gasteiger partial charge in [-0.25, -0.2) is 0 Å². The fraction of sp³-hybridized carbons (Fsp3) is 0.500. The molecule has 1 aliphatic heterocycles. The first-order valence-electron chi connectivity index (χ1n) is 6.21. The van der Waals surface area contributed by atoms with Crippen LogP contribution in [0, 0.1) is 0 Å². The largest absolute Gasteiger partial charge is 0.372 e. The molecule has 1 fully saturated rings. The van der Waals surface area contributed by atoms with Gasteiger partial charge in [-0.15, -0.1) is 11.6 Å². The van der Waals surface area contributed by atoms with Crippen molar-refractivity contribution in [2.24, 2.45) is 0 Å². The van der Waals surface area contributed by atoms with Gasteiger partial charge in [0.25, 0.3) is 0 Å². The number of benzene rings is 1. The molecule has 3 nitrogen and oxygen atoms in total. The molecule has 1 heterocycles. The third-order valence-corrected chi connectivity index (χ3v) is 3.48. The standard InChI is InChI=1S/C14H18ClNO2/c1-10-8-16(9-11(2)18-10)14(17)13(15)12-6-4-3-5-7-12/h3-7,10-11,13H,8-9H2,1-2H3/t10-,11+,13?. The summed E-state index contributed by atoms with van der Waals surface area (Å²) < 4.78 is 5.62. The van der Waals surface area contributed by atoms with Crippen molar-refractivity contribution in [3.8, 4) is 0 Å². The van der Waals surface area contributed by atoms with Crippen molar-refractivity contribution in [1.29, 1.82) is 0 Å². The van der Waals surface area contributed by atoms with Crippen LogP contribution in [-0.4, -0.2) is 36.1 Å². The molecular formula is C14H18ClNO2. The average Bonchev–Trinajstić information content (AvgIpc) is 2.37. The molecule has 1 aromatic rings. The molecule has 2 rings (SSSR count). The lowest BCUT2D eigenvalue weighted by molar-refractivity contribution is -0.142. The van der Waals surface area contributed by atoms with Crippen LogP contribution in [0.4, 0.5) is 0 Å². The molecule has 3 atom stereocenters. The van der Waals surface area contributed by atoms with Gasteiger partial charge in [-0.05, 0) is 19.4 Å². The molecule has 0 spiro atoms. The molecule has 0 bridgehead atoms. The number of ether oxygens (including phenoxy) is 1. The van der Waals surface area contributed by atoms with Crippen molar-refractivity contribution < 1.29 is 9.53 Å². The summed E-state index contributed by atoms with van der Waals surface area (Å²) in [6.45, 7) is 5.17. The predicted octanol–water partition coefficient (Wildman–Crippen LogP) is 2.60. The fourth-order valence-corrected chi connectivity index (χ4v) is 2.57. The van der Waals surface area contributed by atoms with Crippen molar-refractivity contribution in [3.05, 3.63) is 35.9 Å². The van der Waals surface area contributed by atoms with Crippen molar-refractivity contribution in [2.75, 3.05) is 13.1 Å². The molecule has 1 aromatic carbocycles. The van der Waals surface area contributed by atoms with Crippen LogP contribution in [-0.2, 0) is 9.53 Å². The van der Waals surface area contributed by atoms with Crippen molar-refractivity contribution in [1.82, 2.24) is 4.90 Å². The topological polar surface area (TPSA) is 29.5 Å². The molecule has 1 saturated heterocycles. The van der Waals surface area contributed by atoms with Crippen molar-refractivity contribution >= 4 is 17.5 Å². The van der Waals surface area contributed by atoms with E-state index in [0.29, 0.717) is 13.1 Å². The number of morpholine rings is 1. The quantitative estimate of drug-likeness (QED) is 0.771. The predicted molar refractivity (Wildman–Crippen MR) is 71.6 cm³/mol. The monoisotopic (exact) mass is 267 g/mol. The third-order valence-electron chi connectivity index (χ3n) is 3.04. The van der Waals surface area contributed by atoms with Gasteiger partial charge < -0.3 is 9.64 Å². The minimum Gasteiger partial charge on any atom is -0.372 e. The van der Waals surface area contributed by atoms with Gasteiger partial charge in [-0.2, -0.15) is 0 Å². The van der Waals surface area contributed by atoms with Gasteiger partial charge in [0.2, 0.25) is 5.91 Å². The highest BCUT2D eigenvalue weighted by molar-refractivity contribution is 6.30. The zero-order valence-electron chi connectivity index (χ0n) is 10.7. The smallest absolute Gasteiger partial charge is 0.245 e. The van der Waals surface area contributed by atoms with Crippen LogP contribution >= 0.6 is 11.6 Å². The molecule has 1 amide bonds. The molecule has 0 saturated carbocycles. The average molecular weight is 268 g/mol. The Morgan fingerprint density at radius 3 is 2.39 bits per heavy atom. The lowest BCUT2D eigenvalue weighted by Crippen LogP contribution is -2.49. The Hall–Kier alpha value is -1.06. The first-order chi connectivity index (χ1) is 8.58. The Morgan fingerprint density at radius 1 is 1.28 bits per heavy atom. The molecule has 1 aliphatic rings. The van der Waals surface area contributed by atoms with Gasteiger partial charge in [0.05, 0.1) is 12.2 Å². The first kappa shape index (κ1) is 13.4. The number of carbonyl (C=O) groups excluding carboxylic acids is 1. The lowest BCUT2D eigenvalue weighted by Gasteiger charge is -2.36. The fourth-order valence-electron chi connectivity index (χ4n) is 2.28. The highest BCUT2D eigenvalue weighted by Gasteiger charge is 2.30. The second-order valence-electron chi connectivity index (χ2n) is 4.77. The molecule has 4 heteroatoms. The van der Waals surface area contributed by atoms with E-state index in [2.05, 4.69) is 0 Å². The molecule has 0 aromatic heterocycles. The van der Waals surface area contributed by atoms with E-state index in [-0.39, 0.29) is 18.1 Å². The summed E-state index contributed by atoms with van der Waals surface area (Å²) in [7, 11) is 0. The minimum absolute atomic E-state index is 0.0372. The Balaban J connectivity index is 2.07. The summed E-state index contributed by atoms with van der Waals surface area (Å²) >= 11 is 6.25. The summed E-state index contributed by atoms with van der Waals surface area (Å²) in [5.41, 5.74) is 0.843. The zero-order valence-corrected chi connectivity index (χ0v) is 11.4. The van der Waals surface area contributed by atoms with E-state index in [0.717, 1.165) is 5.56 Å². The summed E-state index contributed by atoms with van der Waals surface area (Å²) in [5, 5.41) is -0.608. The van der Waals surface area contributed by atoms with E-state index in [1.807, 2.05) is 44.2 Å². The Bertz CT molecular complexity index is 400. The van der Waals surface area contributed by atoms with E-state index in [9.17, 15) is 4.79 Å². The molecular weight excluding hydrogens is 250 g/mol. The van der Waals surface area contributed by atoms with E-state index in [4.69, 9.17) is 16.3 Å². The molecule has 0 aliphatic carbocycles. The van der Waals surface area contributed by atoms with Gasteiger partial charge in [-0.1, -0.05) is 30.3 Å². The van der Waals surface area contributed by atoms with Gasteiger partial charge in [0.15, 0.2) is 0 Å². The van der Waals surface area contributed by atoms with Gasteiger partial charge in [-0.3, -0.25) is 4.79 Å². The minimum atomic E-state index is -0.608. The van der Waals surface area contributed by atoms with Crippen LogP contribution < -0.4 is 0 Å². The number of hydrogen-bond donors (Lipinski definition) is 0. The van der Waals surface area contributed by atoms with Crippen molar-refractivity contribution in [3.63, 3.8) is 0 Å². The third kappa shape index (κ3) is 3.03. The Kier molecular flexibility index (Phi) is 4.25. The number of nitrogens with zero attached hydrogens (tertiary/aromatic N) is 1. The van der Waals surface area contributed by atoms with E-state index in [1.165, 1.54) is 0 Å². The molecule has 0 N–H and O–H groups in total. The highest BCUT2D eigenvalue weighted by atomic mass is 35.5. The number of alkyl halides is 1. The number of hydrogen-bond acceptors (Lipinski definition) is 2. The normalized spacial score (nSPS) is 25.8. The van der Waals surface area contributed by atoms with Crippen LogP contribution in [0.25, 0.3) is 0 Å². The highest BCUT2D eigenvalue weighted by Crippen LogP contribution is 2.24. The molecule has 0 radical (unpaired) electrons. The molecule has 18 heavy (non-hydrogen) atoms. The number of rotatable bonds is 2. The Morgan fingerprint density at radius 2 is 1.83 bits per heavy atom. The number of halogens is 1. The maximum atomic E-state index is 12.3. The van der Waals surface area contributed by atoms with Crippen LogP contribution in [0.5, 0.6) is 0 Å². The van der Waals surface area contributed by atoms with E-state index in [1.54, 1.807) is 4.90 Å². The van der Waals surface area contributed by atoms with E-state index < -0.39 is 5.38 Å². The summed E-state index contributed by atoms with van der Waals surface area (Å²) in [5.74, 6) is -0.0372. The van der Waals surface area contributed by atoms with Crippen LogP contribution in [0.2, 0.25) is 0 Å². The van der Waals surface area contributed by atoms with Crippen LogP contribution in [0.3, 0.4) is 0 Å². The van der Waals surface area contributed by atoms with E-state index >= 15 is 0 Å². The second-order valence-corrected chi connectivity index (χ2v) is 5.21. The maximum Gasteiger partial charge on any atom is 0.245 e. The summed E-state index contributed by atoms with van der Waals surface area (Å²) in [6.07, 6.45) is 0.134. The second kappa shape index (κ2) is 5.72. The summed E-state index contributed by atoms with van der Waals surface area (Å²) in [4.78, 5) is 14.1. The number of carbonyl (C=O) groups is 1. The van der Waals surface area contributed by atoms with Gasteiger partial charge >= 0.3 is 0 Å². The molecule has 98 valence electrons. The van der Waals surface area contributed by atoms with Crippen LogP contribution in [0.15, 0.2) is 30.3 Å². The maximum absolute atomic E-state index is 12.3. The van der Waals surface area contributed by atoms with Gasteiger partial charge in [0.1, 0.15) is 5.38 Å². The molecule has 1 unspecified atom stereocenters. The number of amides is 1. The Labute approximate surface area is 113 Å². The van der Waals surface area contributed by atoms with Gasteiger partial charge in [0, 0.05) is 13.1 Å². The van der Waals surface area contributed by atoms with Crippen LogP contribution in [0.1, 0.15) is 24.8 Å². The zero-order chi connectivity index (χ0) is 13.1. The van der Waals surface area contributed by atoms with Crippen molar-refractivity contribution in [2.45, 2.75) is 31.4 Å². The SMILES string of the molecule is C[C@@H]1CN(C(=O)C(Cl)c2ccccc2)C[C@H](C)O1. The first-order valence-corrected chi connectivity index (χ1v) is 6.65. The summed E-state index contributed by atoms with van der Waals surface area (Å²) in [6, 6.07) is 9.45.